The first-order valence-electron chi connectivity index (χ1n) is 7.51. The van der Waals surface area contributed by atoms with Gasteiger partial charge in [-0.25, -0.2) is 4.98 Å². The lowest BCUT2D eigenvalue weighted by Crippen LogP contribution is -2.41. The maximum absolute atomic E-state index is 12.4. The predicted octanol–water partition coefficient (Wildman–Crippen LogP) is -0.522. The second-order valence-electron chi connectivity index (χ2n) is 5.89. The zero-order valence-electron chi connectivity index (χ0n) is 13.4. The van der Waals surface area contributed by atoms with Crippen LogP contribution < -0.4 is 4.74 Å². The van der Waals surface area contributed by atoms with Gasteiger partial charge in [-0.2, -0.15) is 4.98 Å². The number of fused-ring (bicyclic) bond motifs is 1. The van der Waals surface area contributed by atoms with E-state index in [1.54, 1.807) is 36.0 Å². The van der Waals surface area contributed by atoms with E-state index in [9.17, 15) is 9.59 Å². The number of carbonyl (C=O) groups excluding carboxylic acids is 2. The zero-order chi connectivity index (χ0) is 16.6. The number of aryl methyl sites for hydroxylation is 1. The molecule has 2 amide bonds. The third-order valence-corrected chi connectivity index (χ3v) is 4.43. The van der Waals surface area contributed by atoms with Gasteiger partial charge in [-0.1, -0.05) is 0 Å². The van der Waals surface area contributed by atoms with E-state index in [1.165, 1.54) is 7.11 Å². The average Bonchev–Trinajstić information content (AvgIpc) is 3.04. The minimum absolute atomic E-state index is 0.0313. The fraction of sp³-hybridized carbons (Fsp3) is 0.600. The van der Waals surface area contributed by atoms with Gasteiger partial charge >= 0.3 is 0 Å². The smallest absolute Gasteiger partial charge is 0.264 e. The molecule has 0 aliphatic carbocycles. The largest absolute Gasteiger partial charge is 0.464 e. The highest BCUT2D eigenvalue weighted by Crippen LogP contribution is 2.33. The van der Waals surface area contributed by atoms with Crippen LogP contribution in [0.3, 0.4) is 0 Å². The first-order chi connectivity index (χ1) is 11.0. The van der Waals surface area contributed by atoms with Crippen LogP contribution in [0.15, 0.2) is 12.3 Å². The fourth-order valence-corrected chi connectivity index (χ4v) is 3.25. The lowest BCUT2D eigenvalue weighted by atomic mass is 10.0. The van der Waals surface area contributed by atoms with Crippen molar-refractivity contribution in [2.45, 2.75) is 19.1 Å². The van der Waals surface area contributed by atoms with E-state index >= 15 is 0 Å². The number of carbonyl (C=O) groups is 2. The van der Waals surface area contributed by atoms with Crippen LogP contribution >= 0.6 is 0 Å². The van der Waals surface area contributed by atoms with Gasteiger partial charge in [-0.3, -0.25) is 9.59 Å². The summed E-state index contributed by atoms with van der Waals surface area (Å²) in [5, 5.41) is 0. The number of amides is 2. The number of hydrogen-bond acceptors (Lipinski definition) is 6. The van der Waals surface area contributed by atoms with Crippen molar-refractivity contribution in [2.75, 3.05) is 33.9 Å². The van der Waals surface area contributed by atoms with Gasteiger partial charge in [0.25, 0.3) is 5.91 Å². The van der Waals surface area contributed by atoms with E-state index in [2.05, 4.69) is 9.97 Å². The summed E-state index contributed by atoms with van der Waals surface area (Å²) in [4.78, 5) is 36.1. The van der Waals surface area contributed by atoms with Gasteiger partial charge in [-0.05, 0) is 6.92 Å². The Morgan fingerprint density at radius 1 is 1.43 bits per heavy atom. The van der Waals surface area contributed by atoms with Crippen molar-refractivity contribution in [3.05, 3.63) is 18.1 Å². The quantitative estimate of drug-likeness (QED) is 0.742. The molecule has 0 N–H and O–H groups in total. The molecule has 2 aliphatic heterocycles. The molecule has 1 aromatic rings. The molecule has 3 heterocycles. The first kappa shape index (κ1) is 15.7. The Kier molecular flexibility index (Phi) is 4.16. The summed E-state index contributed by atoms with van der Waals surface area (Å²) >= 11 is 0. The van der Waals surface area contributed by atoms with E-state index in [4.69, 9.17) is 9.47 Å². The second-order valence-corrected chi connectivity index (χ2v) is 5.89. The summed E-state index contributed by atoms with van der Waals surface area (Å²) in [5.74, 6) is 0.755. The molecular weight excluding hydrogens is 300 g/mol. The van der Waals surface area contributed by atoms with Crippen molar-refractivity contribution in [2.24, 2.45) is 5.92 Å². The van der Waals surface area contributed by atoms with Crippen LogP contribution in [-0.2, 0) is 14.3 Å². The third kappa shape index (κ3) is 2.86. The van der Waals surface area contributed by atoms with Crippen molar-refractivity contribution >= 4 is 11.8 Å². The molecule has 0 aromatic carbocycles. The first-order valence-corrected chi connectivity index (χ1v) is 7.51. The molecule has 0 saturated carbocycles. The average molecular weight is 320 g/mol. The van der Waals surface area contributed by atoms with Crippen LogP contribution in [0.5, 0.6) is 5.88 Å². The summed E-state index contributed by atoms with van der Waals surface area (Å²) in [7, 11) is 3.24. The molecular formula is C15H20N4O4. The molecule has 0 unspecified atom stereocenters. The number of methoxy groups -OCH3 is 1. The lowest BCUT2D eigenvalue weighted by molar-refractivity contribution is -0.138. The topological polar surface area (TPSA) is 84.9 Å². The Morgan fingerprint density at radius 3 is 2.91 bits per heavy atom. The van der Waals surface area contributed by atoms with Gasteiger partial charge in [0, 0.05) is 45.4 Å². The maximum Gasteiger partial charge on any atom is 0.264 e. The third-order valence-electron chi connectivity index (χ3n) is 4.43. The molecule has 124 valence electrons. The standard InChI is InChI=1S/C15H20N4O4/c1-9-16-5-4-12(17-9)23-14-10-6-19(13(20)8-22-3)7-11(10)18(2)15(14)21/h4-5,10-11,14H,6-8H2,1-3H3/t10-,11+,14-/m0/s1. The Labute approximate surface area is 134 Å². The summed E-state index contributed by atoms with van der Waals surface area (Å²) in [6.45, 7) is 2.81. The van der Waals surface area contributed by atoms with Gasteiger partial charge in [0.15, 0.2) is 6.10 Å². The van der Waals surface area contributed by atoms with Crippen LogP contribution in [0.2, 0.25) is 0 Å². The van der Waals surface area contributed by atoms with Crippen LogP contribution in [0.4, 0.5) is 0 Å². The van der Waals surface area contributed by atoms with Crippen LogP contribution in [0.25, 0.3) is 0 Å². The summed E-state index contributed by atoms with van der Waals surface area (Å²) in [6.07, 6.45) is 0.973. The molecule has 3 rings (SSSR count). The van der Waals surface area contributed by atoms with E-state index in [0.717, 1.165) is 0 Å². The molecule has 0 radical (unpaired) electrons. The van der Waals surface area contributed by atoms with Gasteiger partial charge in [-0.15, -0.1) is 0 Å². The summed E-state index contributed by atoms with van der Waals surface area (Å²) < 4.78 is 10.7. The molecule has 2 aliphatic rings. The maximum atomic E-state index is 12.4. The van der Waals surface area contributed by atoms with Crippen LogP contribution in [0, 0.1) is 12.8 Å². The molecule has 0 bridgehead atoms. The van der Waals surface area contributed by atoms with Crippen molar-refractivity contribution in [3.63, 3.8) is 0 Å². The van der Waals surface area contributed by atoms with Crippen molar-refractivity contribution in [3.8, 4) is 5.88 Å². The normalized spacial score (nSPS) is 26.6. The van der Waals surface area contributed by atoms with E-state index < -0.39 is 6.10 Å². The SMILES string of the molecule is COCC(=O)N1C[C@@H]2[C@H](Oc3ccnc(C)n3)C(=O)N(C)[C@@H]2C1. The molecule has 0 spiro atoms. The van der Waals surface area contributed by atoms with Gasteiger partial charge in [0.1, 0.15) is 12.4 Å². The van der Waals surface area contributed by atoms with E-state index in [1.807, 2.05) is 0 Å². The highest BCUT2D eigenvalue weighted by Gasteiger charge is 2.53. The summed E-state index contributed by atoms with van der Waals surface area (Å²) in [5.41, 5.74) is 0. The van der Waals surface area contributed by atoms with E-state index in [-0.39, 0.29) is 30.4 Å². The fourth-order valence-electron chi connectivity index (χ4n) is 3.25. The van der Waals surface area contributed by atoms with Crippen LogP contribution in [0.1, 0.15) is 5.82 Å². The number of likely N-dealkylation sites (tertiary alicyclic amines) is 2. The second kappa shape index (κ2) is 6.11. The molecule has 2 fully saturated rings. The van der Waals surface area contributed by atoms with Crippen molar-refractivity contribution in [1.82, 2.24) is 19.8 Å². The number of ether oxygens (including phenoxy) is 2. The Morgan fingerprint density at radius 2 is 2.22 bits per heavy atom. The molecule has 3 atom stereocenters. The molecule has 2 saturated heterocycles. The molecule has 8 nitrogen and oxygen atoms in total. The highest BCUT2D eigenvalue weighted by atomic mass is 16.5. The van der Waals surface area contributed by atoms with Gasteiger partial charge in [0.05, 0.1) is 6.04 Å². The minimum atomic E-state index is -0.625. The van der Waals surface area contributed by atoms with Crippen molar-refractivity contribution < 1.29 is 19.1 Å². The predicted molar refractivity (Wildman–Crippen MR) is 79.7 cm³/mol. The molecule has 8 heteroatoms. The Bertz CT molecular complexity index is 623. The lowest BCUT2D eigenvalue weighted by Gasteiger charge is -2.22. The summed E-state index contributed by atoms with van der Waals surface area (Å²) in [6, 6.07) is 1.60. The van der Waals surface area contributed by atoms with Gasteiger partial charge in [0.2, 0.25) is 11.8 Å². The van der Waals surface area contributed by atoms with Crippen LogP contribution in [-0.4, -0.2) is 77.6 Å². The monoisotopic (exact) mass is 320 g/mol. The minimum Gasteiger partial charge on any atom is -0.464 e. The van der Waals surface area contributed by atoms with Crippen molar-refractivity contribution in [1.29, 1.82) is 0 Å². The number of aromatic nitrogens is 2. The number of nitrogens with zero attached hydrogens (tertiary/aromatic N) is 4. The zero-order valence-corrected chi connectivity index (χ0v) is 13.4. The van der Waals surface area contributed by atoms with E-state index in [0.29, 0.717) is 24.8 Å². The Hall–Kier alpha value is -2.22. The van der Waals surface area contributed by atoms with Gasteiger partial charge < -0.3 is 19.3 Å². The molecule has 23 heavy (non-hydrogen) atoms. The Balaban J connectivity index is 1.76. The molecule has 1 aromatic heterocycles. The number of likely N-dealkylation sites (N-methyl/N-ethyl adjacent to an activating group) is 1. The highest BCUT2D eigenvalue weighted by molar-refractivity contribution is 5.85. The number of hydrogen-bond donors (Lipinski definition) is 0. The number of rotatable bonds is 4.